The predicted molar refractivity (Wildman–Crippen MR) is 73.6 cm³/mol. The number of hydrogen-bond donors (Lipinski definition) is 0. The van der Waals surface area contributed by atoms with Gasteiger partial charge in [0.15, 0.2) is 5.16 Å². The summed E-state index contributed by atoms with van der Waals surface area (Å²) in [5.74, 6) is 1.88. The molecule has 5 heteroatoms. The number of nitrogens with zero attached hydrogens (tertiary/aromatic N) is 4. The molecule has 0 aliphatic rings. The second-order valence-corrected chi connectivity index (χ2v) is 4.91. The first kappa shape index (κ1) is 12.8. The fourth-order valence-electron chi connectivity index (χ4n) is 1.60. The Morgan fingerprint density at radius 3 is 3.00 bits per heavy atom. The van der Waals surface area contributed by atoms with Crippen molar-refractivity contribution >= 4 is 11.8 Å². The molecule has 0 unspecified atom stereocenters. The molecule has 2 aromatic heterocycles. The first-order chi connectivity index (χ1) is 8.81. The van der Waals surface area contributed by atoms with Crippen molar-refractivity contribution in [3.8, 4) is 0 Å². The number of hydrogen-bond acceptors (Lipinski definition) is 4. The minimum Gasteiger partial charge on any atom is -0.302 e. The summed E-state index contributed by atoms with van der Waals surface area (Å²) in [6.07, 6.45) is 4.62. The van der Waals surface area contributed by atoms with Gasteiger partial charge in [0.2, 0.25) is 0 Å². The molecular weight excluding hydrogens is 244 g/mol. The van der Waals surface area contributed by atoms with E-state index in [1.165, 1.54) is 0 Å². The Hall–Kier alpha value is -1.62. The standard InChI is InChI=1S/C13H16N4S/c1-3-9-17-11(2)15-16-13(17)18-10-7-12-6-4-5-8-14-12/h3-6,8H,1,7,9-10H2,2H3. The molecule has 2 heterocycles. The van der Waals surface area contributed by atoms with Gasteiger partial charge in [-0.1, -0.05) is 23.9 Å². The third-order valence-corrected chi connectivity index (χ3v) is 3.50. The van der Waals surface area contributed by atoms with E-state index < -0.39 is 0 Å². The van der Waals surface area contributed by atoms with Crippen LogP contribution < -0.4 is 0 Å². The molecule has 0 spiro atoms. The number of thioether (sulfide) groups is 1. The topological polar surface area (TPSA) is 43.6 Å². The molecule has 0 aliphatic heterocycles. The lowest BCUT2D eigenvalue weighted by atomic mass is 10.3. The minimum atomic E-state index is 0.755. The molecule has 4 nitrogen and oxygen atoms in total. The zero-order chi connectivity index (χ0) is 12.8. The number of allylic oxidation sites excluding steroid dienone is 1. The van der Waals surface area contributed by atoms with Crippen LogP contribution in [0.25, 0.3) is 0 Å². The van der Waals surface area contributed by atoms with E-state index in [1.54, 1.807) is 11.8 Å². The molecule has 0 aliphatic carbocycles. The zero-order valence-corrected chi connectivity index (χ0v) is 11.2. The van der Waals surface area contributed by atoms with Gasteiger partial charge < -0.3 is 4.57 Å². The van der Waals surface area contributed by atoms with Crippen LogP contribution in [0.4, 0.5) is 0 Å². The molecule has 2 rings (SSSR count). The Bertz CT molecular complexity index is 507. The van der Waals surface area contributed by atoms with Crippen molar-refractivity contribution in [3.63, 3.8) is 0 Å². The molecule has 0 bridgehead atoms. The van der Waals surface area contributed by atoms with Crippen LogP contribution in [-0.2, 0) is 13.0 Å². The molecule has 0 saturated carbocycles. The van der Waals surface area contributed by atoms with Gasteiger partial charge in [-0.2, -0.15) is 0 Å². The van der Waals surface area contributed by atoms with Crippen LogP contribution in [0.5, 0.6) is 0 Å². The summed E-state index contributed by atoms with van der Waals surface area (Å²) in [4.78, 5) is 4.30. The highest BCUT2D eigenvalue weighted by Gasteiger charge is 2.07. The lowest BCUT2D eigenvalue weighted by molar-refractivity contribution is 0.703. The summed E-state index contributed by atoms with van der Waals surface area (Å²) in [5, 5.41) is 9.21. The summed E-state index contributed by atoms with van der Waals surface area (Å²) >= 11 is 1.70. The van der Waals surface area contributed by atoms with Crippen molar-refractivity contribution in [2.24, 2.45) is 0 Å². The monoisotopic (exact) mass is 260 g/mol. The molecule has 2 aromatic rings. The summed E-state index contributed by atoms with van der Waals surface area (Å²) in [6, 6.07) is 5.98. The third-order valence-electron chi connectivity index (χ3n) is 2.53. The molecule has 0 N–H and O–H groups in total. The van der Waals surface area contributed by atoms with E-state index in [9.17, 15) is 0 Å². The SMILES string of the molecule is C=CCn1c(C)nnc1SCCc1ccccn1. The van der Waals surface area contributed by atoms with Crippen molar-refractivity contribution in [1.82, 2.24) is 19.7 Å². The van der Waals surface area contributed by atoms with E-state index in [0.717, 1.165) is 35.4 Å². The quantitative estimate of drug-likeness (QED) is 0.591. The van der Waals surface area contributed by atoms with E-state index in [2.05, 4.69) is 26.3 Å². The Balaban J connectivity index is 1.92. The molecule has 0 fully saturated rings. The van der Waals surface area contributed by atoms with E-state index in [4.69, 9.17) is 0 Å². The highest BCUT2D eigenvalue weighted by molar-refractivity contribution is 7.99. The van der Waals surface area contributed by atoms with Crippen molar-refractivity contribution in [2.75, 3.05) is 5.75 Å². The average molecular weight is 260 g/mol. The second-order valence-electron chi connectivity index (χ2n) is 3.85. The van der Waals surface area contributed by atoms with Gasteiger partial charge in [0.25, 0.3) is 0 Å². The van der Waals surface area contributed by atoms with Crippen LogP contribution in [0.1, 0.15) is 11.5 Å². The van der Waals surface area contributed by atoms with Gasteiger partial charge in [-0.3, -0.25) is 4.98 Å². The maximum atomic E-state index is 4.30. The van der Waals surface area contributed by atoms with Gasteiger partial charge in [0.05, 0.1) is 0 Å². The summed E-state index contributed by atoms with van der Waals surface area (Å²) in [5.41, 5.74) is 1.11. The fraction of sp³-hybridized carbons (Fsp3) is 0.308. The fourth-order valence-corrected chi connectivity index (χ4v) is 2.56. The Labute approximate surface area is 111 Å². The number of aromatic nitrogens is 4. The first-order valence-electron chi connectivity index (χ1n) is 5.84. The summed E-state index contributed by atoms with van der Waals surface area (Å²) in [7, 11) is 0. The molecule has 0 amide bonds. The van der Waals surface area contributed by atoms with Crippen molar-refractivity contribution in [1.29, 1.82) is 0 Å². The maximum absolute atomic E-state index is 4.30. The largest absolute Gasteiger partial charge is 0.302 e. The predicted octanol–water partition coefficient (Wildman–Crippen LogP) is 2.50. The van der Waals surface area contributed by atoms with Crippen LogP contribution in [-0.4, -0.2) is 25.5 Å². The van der Waals surface area contributed by atoms with E-state index in [-0.39, 0.29) is 0 Å². The molecule has 0 radical (unpaired) electrons. The first-order valence-corrected chi connectivity index (χ1v) is 6.83. The highest BCUT2D eigenvalue weighted by Crippen LogP contribution is 2.17. The number of aryl methyl sites for hydroxylation is 2. The van der Waals surface area contributed by atoms with E-state index >= 15 is 0 Å². The van der Waals surface area contributed by atoms with Crippen molar-refractivity contribution in [3.05, 3.63) is 48.6 Å². The van der Waals surface area contributed by atoms with Crippen LogP contribution >= 0.6 is 11.8 Å². The van der Waals surface area contributed by atoms with Crippen molar-refractivity contribution in [2.45, 2.75) is 25.0 Å². The lowest BCUT2D eigenvalue weighted by Crippen LogP contribution is -2.01. The van der Waals surface area contributed by atoms with Crippen LogP contribution in [0.3, 0.4) is 0 Å². The third kappa shape index (κ3) is 3.20. The normalized spacial score (nSPS) is 10.5. The maximum Gasteiger partial charge on any atom is 0.191 e. The summed E-state index contributed by atoms with van der Waals surface area (Å²) in [6.45, 7) is 6.46. The van der Waals surface area contributed by atoms with Gasteiger partial charge in [-0.15, -0.1) is 16.8 Å². The smallest absolute Gasteiger partial charge is 0.191 e. The minimum absolute atomic E-state index is 0.755. The molecule has 0 saturated heterocycles. The Kier molecular flexibility index (Phi) is 4.52. The van der Waals surface area contributed by atoms with Gasteiger partial charge in [-0.25, -0.2) is 0 Å². The van der Waals surface area contributed by atoms with Crippen molar-refractivity contribution < 1.29 is 0 Å². The van der Waals surface area contributed by atoms with Gasteiger partial charge in [0.1, 0.15) is 5.82 Å². The molecule has 18 heavy (non-hydrogen) atoms. The molecule has 0 aromatic carbocycles. The second kappa shape index (κ2) is 6.35. The summed E-state index contributed by atoms with van der Waals surface area (Å²) < 4.78 is 2.07. The molecular formula is C13H16N4S. The van der Waals surface area contributed by atoms with Gasteiger partial charge in [0, 0.05) is 24.2 Å². The van der Waals surface area contributed by atoms with E-state index in [0.29, 0.717) is 0 Å². The Morgan fingerprint density at radius 1 is 1.39 bits per heavy atom. The molecule has 94 valence electrons. The lowest BCUT2D eigenvalue weighted by Gasteiger charge is -2.04. The highest BCUT2D eigenvalue weighted by atomic mass is 32.2. The van der Waals surface area contributed by atoms with E-state index in [1.807, 2.05) is 37.4 Å². The van der Waals surface area contributed by atoms with Crippen LogP contribution in [0.15, 0.2) is 42.2 Å². The van der Waals surface area contributed by atoms with Gasteiger partial charge in [-0.05, 0) is 25.5 Å². The van der Waals surface area contributed by atoms with Crippen LogP contribution in [0, 0.1) is 6.92 Å². The number of rotatable bonds is 6. The average Bonchev–Trinajstić information content (AvgIpc) is 2.73. The van der Waals surface area contributed by atoms with Gasteiger partial charge >= 0.3 is 0 Å². The number of pyridine rings is 1. The Morgan fingerprint density at radius 2 is 2.28 bits per heavy atom. The zero-order valence-electron chi connectivity index (χ0n) is 10.4. The van der Waals surface area contributed by atoms with Crippen LogP contribution in [0.2, 0.25) is 0 Å². The molecule has 0 atom stereocenters.